The third-order valence-corrected chi connectivity index (χ3v) is 12.1. The monoisotopic (exact) mass is 753 g/mol. The second-order valence-electron chi connectivity index (χ2n) is 15.1. The van der Waals surface area contributed by atoms with E-state index in [1.165, 1.54) is 12.1 Å². The number of carbonyl (C=O) groups is 2. The number of ether oxygens (including phenoxy) is 1. The highest BCUT2D eigenvalue weighted by Crippen LogP contribution is 2.56. The molecule has 2 N–H and O–H groups in total. The molecule has 2 aromatic heterocycles. The number of hydrogen-bond donors (Lipinski definition) is 2. The highest BCUT2D eigenvalue weighted by molar-refractivity contribution is 5.89. The van der Waals surface area contributed by atoms with Gasteiger partial charge in [0.15, 0.2) is 17.3 Å². The molecule has 13 nitrogen and oxygen atoms in total. The lowest BCUT2D eigenvalue weighted by atomic mass is 9.93. The molecule has 0 unspecified atom stereocenters. The number of β-amino-alcohol motifs (C(OH)–C–C–N with tert-alkyl or cyclic N) is 1. The van der Waals surface area contributed by atoms with E-state index in [1.807, 2.05) is 11.0 Å². The SMILES string of the molecule is C=CC(=O)C[C@@H]1[C@H]2CN(c3nc(N4C[C@@H](O)[C@@H]4OC(=O)C[C@@H]4[C@H]5CN(c6cc(C(F)F)c(C#N)c(NC7CCC7)n6)C[C@@H]45)nc(C(F)(F)F)c3C#N)C[C@@H]12. The zero-order valence-electron chi connectivity index (χ0n) is 28.8. The maximum Gasteiger partial charge on any atom is 0.434 e. The van der Waals surface area contributed by atoms with Crippen molar-refractivity contribution in [2.75, 3.05) is 52.7 Å². The van der Waals surface area contributed by atoms with E-state index in [2.05, 4.69) is 26.8 Å². The van der Waals surface area contributed by atoms with E-state index in [9.17, 15) is 47.2 Å². The minimum atomic E-state index is -5.00. The number of piperidine rings is 2. The van der Waals surface area contributed by atoms with Gasteiger partial charge >= 0.3 is 12.1 Å². The Labute approximate surface area is 306 Å². The molecule has 18 heteroatoms. The van der Waals surface area contributed by atoms with Gasteiger partial charge in [-0.25, -0.2) is 18.7 Å². The van der Waals surface area contributed by atoms with Crippen molar-refractivity contribution in [3.63, 3.8) is 0 Å². The summed E-state index contributed by atoms with van der Waals surface area (Å²) in [6, 6.07) is 4.79. The maximum atomic E-state index is 14.2. The van der Waals surface area contributed by atoms with Gasteiger partial charge < -0.3 is 25.0 Å². The van der Waals surface area contributed by atoms with Crippen LogP contribution in [0.15, 0.2) is 18.7 Å². The molecule has 3 saturated heterocycles. The number of nitriles is 2. The van der Waals surface area contributed by atoms with Crippen molar-refractivity contribution < 1.29 is 41.4 Å². The molecule has 0 bridgehead atoms. The van der Waals surface area contributed by atoms with Crippen LogP contribution in [-0.2, 0) is 20.5 Å². The number of carbonyl (C=O) groups excluding carboxylic acids is 2. The fourth-order valence-corrected chi connectivity index (χ4v) is 8.71. The van der Waals surface area contributed by atoms with Crippen LogP contribution in [0.3, 0.4) is 0 Å². The standard InChI is InChI=1S/C36H36F5N9O4/c1-2-17(51)6-18-25-13-49(14-26(18)25)33-22(10-43)30(36(39,40)41)46-35(47-33)50-15-27(52)34(50)54-29(53)8-19-23-11-48(12-24(19)23)28-7-20(31(37)38)21(9-42)32(45-28)44-16-4-3-5-16/h2,7,16,18-19,23-27,31,34,52H,1,3-6,8,11-15H2,(H,44,45)/t18-,19-,23-,24+,25-,26+,27-,34+/m1/s1. The molecule has 3 aliphatic carbocycles. The number of aromatic nitrogens is 3. The Morgan fingerprint density at radius 3 is 2.15 bits per heavy atom. The first-order valence-corrected chi connectivity index (χ1v) is 18.0. The number of halogens is 5. The van der Waals surface area contributed by atoms with E-state index >= 15 is 0 Å². The molecule has 0 spiro atoms. The average Bonchev–Trinajstić information content (AvgIpc) is 3.73. The number of nitrogens with one attached hydrogen (secondary N) is 1. The number of ketones is 1. The number of pyridine rings is 1. The van der Waals surface area contributed by atoms with Crippen LogP contribution in [0.5, 0.6) is 0 Å². The second kappa shape index (κ2) is 13.3. The van der Waals surface area contributed by atoms with Crippen molar-refractivity contribution in [1.29, 1.82) is 10.5 Å². The highest BCUT2D eigenvalue weighted by Gasteiger charge is 2.58. The zero-order valence-corrected chi connectivity index (χ0v) is 28.8. The van der Waals surface area contributed by atoms with E-state index in [0.29, 0.717) is 38.4 Å². The lowest BCUT2D eigenvalue weighted by Gasteiger charge is -2.44. The number of rotatable bonds is 12. The van der Waals surface area contributed by atoms with Gasteiger partial charge in [-0.2, -0.15) is 28.7 Å². The third kappa shape index (κ3) is 6.33. The lowest BCUT2D eigenvalue weighted by molar-refractivity contribution is -0.162. The van der Waals surface area contributed by atoms with Crippen LogP contribution in [0.1, 0.15) is 60.9 Å². The Morgan fingerprint density at radius 2 is 1.61 bits per heavy atom. The predicted octanol–water partition coefficient (Wildman–Crippen LogP) is 4.19. The first-order chi connectivity index (χ1) is 25.8. The van der Waals surface area contributed by atoms with Crippen LogP contribution in [0.2, 0.25) is 0 Å². The minimum absolute atomic E-state index is 0.0306. The van der Waals surface area contributed by atoms with Crippen LogP contribution in [0.25, 0.3) is 0 Å². The van der Waals surface area contributed by atoms with Crippen molar-refractivity contribution in [3.8, 4) is 12.1 Å². The second-order valence-corrected chi connectivity index (χ2v) is 15.1. The van der Waals surface area contributed by atoms with Crippen molar-refractivity contribution in [2.45, 2.75) is 63.1 Å². The Morgan fingerprint density at radius 1 is 0.981 bits per heavy atom. The van der Waals surface area contributed by atoms with Crippen molar-refractivity contribution in [1.82, 2.24) is 15.0 Å². The number of hydrogen-bond acceptors (Lipinski definition) is 13. The molecular weight excluding hydrogens is 717 g/mol. The van der Waals surface area contributed by atoms with Gasteiger partial charge in [0.25, 0.3) is 6.43 Å². The summed E-state index contributed by atoms with van der Waals surface area (Å²) >= 11 is 0. The van der Waals surface area contributed by atoms with Gasteiger partial charge in [-0.15, -0.1) is 0 Å². The third-order valence-electron chi connectivity index (χ3n) is 12.1. The normalized spacial score (nSPS) is 29.4. The number of nitrogens with zero attached hydrogens (tertiary/aromatic N) is 8. The van der Waals surface area contributed by atoms with E-state index < -0.39 is 53.7 Å². The molecule has 0 amide bonds. The van der Waals surface area contributed by atoms with E-state index in [1.54, 1.807) is 11.0 Å². The molecule has 6 fully saturated rings. The van der Waals surface area contributed by atoms with E-state index in [0.717, 1.165) is 24.2 Å². The van der Waals surface area contributed by atoms with Gasteiger partial charge in [0.1, 0.15) is 41.0 Å². The minimum Gasteiger partial charge on any atom is -0.438 e. The highest BCUT2D eigenvalue weighted by atomic mass is 19.4. The Hall–Kier alpha value is -5.10. The van der Waals surface area contributed by atoms with E-state index in [-0.39, 0.29) is 77.5 Å². The van der Waals surface area contributed by atoms with Crippen LogP contribution in [0.4, 0.5) is 45.4 Å². The van der Waals surface area contributed by atoms with Crippen LogP contribution in [0, 0.1) is 58.2 Å². The topological polar surface area (TPSA) is 172 Å². The first-order valence-electron chi connectivity index (χ1n) is 18.0. The quantitative estimate of drug-likeness (QED) is 0.180. The summed E-state index contributed by atoms with van der Waals surface area (Å²) in [6.45, 7) is 4.76. The van der Waals surface area contributed by atoms with Gasteiger partial charge in [-0.05, 0) is 66.9 Å². The van der Waals surface area contributed by atoms with E-state index in [4.69, 9.17) is 4.74 Å². The summed E-state index contributed by atoms with van der Waals surface area (Å²) in [4.78, 5) is 42.1. The van der Waals surface area contributed by atoms with Gasteiger partial charge in [0.05, 0.1) is 6.54 Å². The van der Waals surface area contributed by atoms with Gasteiger partial charge in [0, 0.05) is 50.6 Å². The summed E-state index contributed by atoms with van der Waals surface area (Å²) in [6.07, 6.45) is -6.21. The summed E-state index contributed by atoms with van der Waals surface area (Å²) < 4.78 is 76.2. The fraction of sp³-hybridized carbons (Fsp3) is 0.583. The summed E-state index contributed by atoms with van der Waals surface area (Å²) in [5.74, 6) is -0.793. The number of aliphatic hydroxyl groups is 1. The van der Waals surface area contributed by atoms with Gasteiger partial charge in [-0.3, -0.25) is 14.5 Å². The maximum absolute atomic E-state index is 14.2. The number of allylic oxidation sites excluding steroid dienone is 1. The Kier molecular flexibility index (Phi) is 8.86. The largest absolute Gasteiger partial charge is 0.438 e. The number of anilines is 4. The van der Waals surface area contributed by atoms with Crippen molar-refractivity contribution in [3.05, 3.63) is 41.1 Å². The molecule has 2 aromatic rings. The first kappa shape index (κ1) is 35.9. The molecule has 3 aliphatic heterocycles. The summed E-state index contributed by atoms with van der Waals surface area (Å²) in [5.41, 5.74) is -2.73. The number of alkyl halides is 5. The average molecular weight is 754 g/mol. The molecule has 6 aliphatic rings. The molecule has 284 valence electrons. The summed E-state index contributed by atoms with van der Waals surface area (Å²) in [5, 5.41) is 33.1. The Balaban J connectivity index is 0.923. The zero-order chi connectivity index (χ0) is 38.2. The van der Waals surface area contributed by atoms with Crippen molar-refractivity contribution in [2.24, 2.45) is 35.5 Å². The van der Waals surface area contributed by atoms with Crippen LogP contribution >= 0.6 is 0 Å². The Bertz CT molecular complexity index is 1960. The molecule has 8 rings (SSSR count). The smallest absolute Gasteiger partial charge is 0.434 e. The van der Waals surface area contributed by atoms with Gasteiger partial charge in [-0.1, -0.05) is 6.58 Å². The van der Waals surface area contributed by atoms with Crippen LogP contribution in [-0.4, -0.2) is 82.9 Å². The van der Waals surface area contributed by atoms with Gasteiger partial charge in [0.2, 0.25) is 12.2 Å². The molecule has 8 atom stereocenters. The lowest BCUT2D eigenvalue weighted by Crippen LogP contribution is -2.63. The predicted molar refractivity (Wildman–Crippen MR) is 180 cm³/mol. The molecule has 54 heavy (non-hydrogen) atoms. The molecule has 0 aromatic carbocycles. The number of fused-ring (bicyclic) bond motifs is 2. The fourth-order valence-electron chi connectivity index (χ4n) is 8.71. The molecule has 0 radical (unpaired) electrons. The molecule has 5 heterocycles. The van der Waals surface area contributed by atoms with Crippen LogP contribution < -0.4 is 20.0 Å². The number of esters is 1. The molecular formula is C36H36F5N9O4. The summed E-state index contributed by atoms with van der Waals surface area (Å²) in [7, 11) is 0. The molecule has 3 saturated carbocycles. The number of aliphatic hydroxyl groups excluding tert-OH is 1. The van der Waals surface area contributed by atoms with Crippen molar-refractivity contribution >= 4 is 35.2 Å².